The quantitative estimate of drug-likeness (QED) is 0.638. The monoisotopic (exact) mass is 409 g/mol. The first-order chi connectivity index (χ1) is 14.1. The van der Waals surface area contributed by atoms with E-state index in [-0.39, 0.29) is 6.10 Å². The van der Waals surface area contributed by atoms with Crippen LogP contribution in [0.4, 0.5) is 5.82 Å². The van der Waals surface area contributed by atoms with Crippen molar-refractivity contribution in [3.05, 3.63) is 58.7 Å². The highest BCUT2D eigenvalue weighted by Crippen LogP contribution is 2.38. The standard InChI is InChI=1S/C22H20ClN3O3/c1-27-19-9-17-15(11-24)12-25-22(18(17)10-20(19)28-2)26-7-8-29-21(13-26)14-3-5-16(23)6-4-14/h3-6,9-10,12,21H,7-8,13H2,1-2H3. The second-order valence-corrected chi connectivity index (χ2v) is 7.15. The molecule has 0 bridgehead atoms. The summed E-state index contributed by atoms with van der Waals surface area (Å²) >= 11 is 6.01. The minimum atomic E-state index is -0.0892. The minimum Gasteiger partial charge on any atom is -0.493 e. The van der Waals surface area contributed by atoms with E-state index in [1.165, 1.54) is 0 Å². The fourth-order valence-corrected chi connectivity index (χ4v) is 3.74. The Morgan fingerprint density at radius 2 is 1.83 bits per heavy atom. The van der Waals surface area contributed by atoms with E-state index < -0.39 is 0 Å². The van der Waals surface area contributed by atoms with Gasteiger partial charge in [-0.15, -0.1) is 0 Å². The number of nitriles is 1. The maximum atomic E-state index is 9.53. The van der Waals surface area contributed by atoms with Crippen LogP contribution in [0.5, 0.6) is 11.5 Å². The third-order valence-corrected chi connectivity index (χ3v) is 5.35. The molecule has 3 aromatic rings. The summed E-state index contributed by atoms with van der Waals surface area (Å²) < 4.78 is 16.9. The number of aromatic nitrogens is 1. The van der Waals surface area contributed by atoms with Gasteiger partial charge in [-0.25, -0.2) is 4.98 Å². The van der Waals surface area contributed by atoms with Gasteiger partial charge in [0.15, 0.2) is 11.5 Å². The largest absolute Gasteiger partial charge is 0.493 e. The molecule has 1 atom stereocenters. The van der Waals surface area contributed by atoms with Gasteiger partial charge < -0.3 is 19.1 Å². The summed E-state index contributed by atoms with van der Waals surface area (Å²) in [6.07, 6.45) is 1.52. The number of methoxy groups -OCH3 is 2. The molecule has 4 rings (SSSR count). The fourth-order valence-electron chi connectivity index (χ4n) is 3.61. The molecule has 1 saturated heterocycles. The molecule has 1 unspecified atom stereocenters. The van der Waals surface area contributed by atoms with E-state index in [1.807, 2.05) is 36.4 Å². The molecule has 7 heteroatoms. The van der Waals surface area contributed by atoms with Gasteiger partial charge >= 0.3 is 0 Å². The molecule has 0 radical (unpaired) electrons. The highest BCUT2D eigenvalue weighted by atomic mass is 35.5. The SMILES string of the molecule is COc1cc2c(C#N)cnc(N3CCOC(c4ccc(Cl)cc4)C3)c2cc1OC. The lowest BCUT2D eigenvalue weighted by Crippen LogP contribution is -2.39. The van der Waals surface area contributed by atoms with Gasteiger partial charge in [0.25, 0.3) is 0 Å². The average molecular weight is 410 g/mol. The van der Waals surface area contributed by atoms with Crippen molar-refractivity contribution in [2.45, 2.75) is 6.10 Å². The molecule has 1 aliphatic heterocycles. The Hall–Kier alpha value is -3.01. The van der Waals surface area contributed by atoms with Crippen LogP contribution in [-0.2, 0) is 4.74 Å². The van der Waals surface area contributed by atoms with E-state index in [2.05, 4.69) is 16.0 Å². The Morgan fingerprint density at radius 1 is 1.14 bits per heavy atom. The van der Waals surface area contributed by atoms with Crippen LogP contribution in [0.25, 0.3) is 10.8 Å². The molecule has 0 aliphatic carbocycles. The number of morpholine rings is 1. The van der Waals surface area contributed by atoms with Gasteiger partial charge in [0, 0.05) is 35.1 Å². The van der Waals surface area contributed by atoms with Crippen LogP contribution < -0.4 is 14.4 Å². The molecular weight excluding hydrogens is 390 g/mol. The highest BCUT2D eigenvalue weighted by Gasteiger charge is 2.25. The third kappa shape index (κ3) is 3.67. The summed E-state index contributed by atoms with van der Waals surface area (Å²) in [5.74, 6) is 1.97. The number of anilines is 1. The Labute approximate surface area is 174 Å². The number of ether oxygens (including phenoxy) is 3. The zero-order valence-electron chi connectivity index (χ0n) is 16.2. The number of nitrogens with zero attached hydrogens (tertiary/aromatic N) is 3. The normalized spacial score (nSPS) is 16.5. The van der Waals surface area contributed by atoms with E-state index in [0.29, 0.717) is 41.8 Å². The molecule has 1 aromatic heterocycles. The van der Waals surface area contributed by atoms with Crippen LogP contribution >= 0.6 is 11.6 Å². The van der Waals surface area contributed by atoms with E-state index in [9.17, 15) is 5.26 Å². The van der Waals surface area contributed by atoms with E-state index in [4.69, 9.17) is 25.8 Å². The number of hydrogen-bond acceptors (Lipinski definition) is 6. The molecule has 0 N–H and O–H groups in total. The van der Waals surface area contributed by atoms with Crippen LogP contribution in [0.3, 0.4) is 0 Å². The summed E-state index contributed by atoms with van der Waals surface area (Å²) in [5, 5.41) is 11.9. The molecular formula is C22H20ClN3O3. The van der Waals surface area contributed by atoms with Gasteiger partial charge in [-0.3, -0.25) is 0 Å². The minimum absolute atomic E-state index is 0.0892. The number of hydrogen-bond donors (Lipinski definition) is 0. The van der Waals surface area contributed by atoms with Crippen molar-refractivity contribution in [1.29, 1.82) is 5.26 Å². The van der Waals surface area contributed by atoms with Crippen molar-refractivity contribution in [2.24, 2.45) is 0 Å². The second-order valence-electron chi connectivity index (χ2n) is 6.72. The number of halogens is 1. The zero-order chi connectivity index (χ0) is 20.4. The van der Waals surface area contributed by atoms with Gasteiger partial charge in [-0.1, -0.05) is 23.7 Å². The van der Waals surface area contributed by atoms with Crippen molar-refractivity contribution in [2.75, 3.05) is 38.8 Å². The predicted octanol–water partition coefficient (Wildman–Crippen LogP) is 4.35. The van der Waals surface area contributed by atoms with Gasteiger partial charge in [-0.2, -0.15) is 5.26 Å². The van der Waals surface area contributed by atoms with Gasteiger partial charge in [0.2, 0.25) is 0 Å². The van der Waals surface area contributed by atoms with Crippen molar-refractivity contribution in [3.8, 4) is 17.6 Å². The van der Waals surface area contributed by atoms with E-state index in [1.54, 1.807) is 20.4 Å². The number of benzene rings is 2. The molecule has 2 heterocycles. The predicted molar refractivity (Wildman–Crippen MR) is 112 cm³/mol. The molecule has 0 saturated carbocycles. The Morgan fingerprint density at radius 3 is 2.48 bits per heavy atom. The number of fused-ring (bicyclic) bond motifs is 1. The van der Waals surface area contributed by atoms with E-state index in [0.717, 1.165) is 22.2 Å². The van der Waals surface area contributed by atoms with Crippen molar-refractivity contribution in [3.63, 3.8) is 0 Å². The molecule has 6 nitrogen and oxygen atoms in total. The van der Waals surface area contributed by atoms with Gasteiger partial charge in [0.1, 0.15) is 18.0 Å². The van der Waals surface area contributed by atoms with Crippen LogP contribution in [0.2, 0.25) is 5.02 Å². The van der Waals surface area contributed by atoms with Crippen LogP contribution in [0.1, 0.15) is 17.2 Å². The summed E-state index contributed by atoms with van der Waals surface area (Å²) in [6.45, 7) is 1.92. The lowest BCUT2D eigenvalue weighted by atomic mass is 10.0. The maximum absolute atomic E-state index is 9.53. The summed E-state index contributed by atoms with van der Waals surface area (Å²) in [5.41, 5.74) is 1.56. The smallest absolute Gasteiger partial charge is 0.161 e. The summed E-state index contributed by atoms with van der Waals surface area (Å²) in [6, 6.07) is 13.6. The van der Waals surface area contributed by atoms with Crippen molar-refractivity contribution >= 4 is 28.2 Å². The van der Waals surface area contributed by atoms with Gasteiger partial charge in [-0.05, 0) is 29.8 Å². The molecule has 1 aliphatic rings. The number of pyridine rings is 1. The van der Waals surface area contributed by atoms with Crippen molar-refractivity contribution < 1.29 is 14.2 Å². The maximum Gasteiger partial charge on any atom is 0.161 e. The molecule has 2 aromatic carbocycles. The second kappa shape index (κ2) is 8.16. The first-order valence-electron chi connectivity index (χ1n) is 9.21. The molecule has 0 amide bonds. The van der Waals surface area contributed by atoms with Crippen LogP contribution in [0.15, 0.2) is 42.6 Å². The van der Waals surface area contributed by atoms with Crippen molar-refractivity contribution in [1.82, 2.24) is 4.98 Å². The zero-order valence-corrected chi connectivity index (χ0v) is 16.9. The third-order valence-electron chi connectivity index (χ3n) is 5.10. The molecule has 0 spiro atoms. The molecule has 29 heavy (non-hydrogen) atoms. The highest BCUT2D eigenvalue weighted by molar-refractivity contribution is 6.30. The Kier molecular flexibility index (Phi) is 5.43. The van der Waals surface area contributed by atoms with Gasteiger partial charge in [0.05, 0.1) is 26.4 Å². The molecule has 1 fully saturated rings. The summed E-state index contributed by atoms with van der Waals surface area (Å²) in [4.78, 5) is 6.78. The van der Waals surface area contributed by atoms with Crippen LogP contribution in [-0.4, -0.2) is 38.9 Å². The molecule has 148 valence electrons. The first-order valence-corrected chi connectivity index (χ1v) is 9.59. The topological polar surface area (TPSA) is 67.6 Å². The van der Waals surface area contributed by atoms with E-state index >= 15 is 0 Å². The fraction of sp³-hybridized carbons (Fsp3) is 0.273. The van der Waals surface area contributed by atoms with Crippen LogP contribution in [0, 0.1) is 11.3 Å². The summed E-state index contributed by atoms with van der Waals surface area (Å²) in [7, 11) is 3.17. The lowest BCUT2D eigenvalue weighted by Gasteiger charge is -2.34. The first kappa shape index (κ1) is 19.3. The Bertz CT molecular complexity index is 1080. The lowest BCUT2D eigenvalue weighted by molar-refractivity contribution is 0.0396. The number of rotatable bonds is 4. The average Bonchev–Trinajstić information content (AvgIpc) is 2.77. The Balaban J connectivity index is 1.76.